The molecule has 1 aliphatic heterocycles. The molecule has 12 rings (SSSR count). The number of imidazole rings is 1. The summed E-state index contributed by atoms with van der Waals surface area (Å²) in [4.78, 5) is 9.94. The van der Waals surface area contributed by atoms with E-state index in [-0.39, 0.29) is 21.7 Å². The molecule has 7 heteroatoms. The van der Waals surface area contributed by atoms with Crippen LogP contribution in [0.4, 0.5) is 34.3 Å². The summed E-state index contributed by atoms with van der Waals surface area (Å²) in [7, 11) is 0. The fourth-order valence-corrected chi connectivity index (χ4v) is 12.4. The predicted molar refractivity (Wildman–Crippen MR) is 342 cm³/mol. The minimum atomic E-state index is -0.147. The topological polar surface area (TPSA) is 38.5 Å². The predicted octanol–water partition coefficient (Wildman–Crippen LogP) is 20.7. The third-order valence-corrected chi connectivity index (χ3v) is 17.0. The van der Waals surface area contributed by atoms with Crippen LogP contribution in [0.3, 0.4) is 0 Å². The molecule has 0 unspecified atom stereocenters. The molecular formula is C76H71N5OPt-2. The number of anilines is 6. The number of benzene rings is 9. The molecule has 0 saturated carbocycles. The van der Waals surface area contributed by atoms with Crippen molar-refractivity contribution in [2.45, 2.75) is 105 Å². The van der Waals surface area contributed by atoms with Crippen molar-refractivity contribution < 1.29 is 24.1 Å². The van der Waals surface area contributed by atoms with Crippen molar-refractivity contribution in [1.29, 1.82) is 0 Å². The van der Waals surface area contributed by atoms with E-state index in [0.717, 1.165) is 88.3 Å². The van der Waals surface area contributed by atoms with Crippen molar-refractivity contribution in [2.24, 2.45) is 0 Å². The zero-order valence-corrected chi connectivity index (χ0v) is 51.9. The van der Waals surface area contributed by atoms with Crippen LogP contribution in [-0.4, -0.2) is 14.1 Å². The van der Waals surface area contributed by atoms with Crippen molar-refractivity contribution in [1.82, 2.24) is 14.1 Å². The average Bonchev–Trinajstić information content (AvgIpc) is 2.25. The summed E-state index contributed by atoms with van der Waals surface area (Å²) in [5.41, 5.74) is 20.2. The number of para-hydroxylation sites is 3. The molecule has 9 aromatic carbocycles. The molecule has 0 atom stereocenters. The van der Waals surface area contributed by atoms with Crippen LogP contribution in [0.25, 0.3) is 55.8 Å². The SMILES string of the molecule is CC(C)(C)c1cccc(N2c3ccccc3-c3ccc(Oc4[c-]c(-n5[c](=[Pt])n(-c6cc(C(C)(C)C)cc(C(C)(C)C)c6)c6cc(-c7ccccc7)ccc65)ccc4)[c-]c3N(c3cc(C(C)(C)C)ccn3)c3ccccc3-c3ccccc32)c1. The van der Waals surface area contributed by atoms with Gasteiger partial charge in [-0.15, -0.1) is 0 Å². The maximum absolute atomic E-state index is 7.10. The second-order valence-corrected chi connectivity index (χ2v) is 27.0. The smallest absolute Gasteiger partial charge is 0.0615 e. The molecule has 0 spiro atoms. The summed E-state index contributed by atoms with van der Waals surface area (Å²) < 4.78 is 12.8. The summed E-state index contributed by atoms with van der Waals surface area (Å²) >= 11 is 2.51. The van der Waals surface area contributed by atoms with Crippen LogP contribution in [0.1, 0.15) is 105 Å². The second-order valence-electron chi connectivity index (χ2n) is 26.0. The molecule has 6 nitrogen and oxygen atoms in total. The Bertz CT molecular complexity index is 4300. The molecule has 0 aliphatic carbocycles. The number of nitrogens with zero attached hydrogens (tertiary/aromatic N) is 5. The molecule has 0 radical (unpaired) electrons. The fraction of sp³-hybridized carbons (Fsp3) is 0.211. The second kappa shape index (κ2) is 21.1. The van der Waals surface area contributed by atoms with Crippen LogP contribution in [0, 0.1) is 15.9 Å². The average molecular weight is 1270 g/mol. The van der Waals surface area contributed by atoms with Gasteiger partial charge in [0.15, 0.2) is 0 Å². The monoisotopic (exact) mass is 1260 g/mol. The number of pyridine rings is 1. The molecule has 0 bridgehead atoms. The Labute approximate surface area is 501 Å². The van der Waals surface area contributed by atoms with Gasteiger partial charge < -0.3 is 4.90 Å². The molecule has 0 fully saturated rings. The molecule has 2 aromatic heterocycles. The number of aromatic nitrogens is 3. The van der Waals surface area contributed by atoms with Gasteiger partial charge in [-0.2, -0.15) is 0 Å². The van der Waals surface area contributed by atoms with Gasteiger partial charge in [-0.05, 0) is 52.3 Å². The molecule has 3 heterocycles. The van der Waals surface area contributed by atoms with E-state index in [9.17, 15) is 0 Å². The summed E-state index contributed by atoms with van der Waals surface area (Å²) in [5.74, 6) is 1.88. The quantitative estimate of drug-likeness (QED) is 0.149. The van der Waals surface area contributed by atoms with E-state index < -0.39 is 0 Å². The van der Waals surface area contributed by atoms with Crippen LogP contribution in [0.15, 0.2) is 212 Å². The van der Waals surface area contributed by atoms with Gasteiger partial charge in [0.2, 0.25) is 0 Å². The Morgan fingerprint density at radius 2 is 0.928 bits per heavy atom. The van der Waals surface area contributed by atoms with Gasteiger partial charge in [0.05, 0.1) is 5.69 Å². The first-order chi connectivity index (χ1) is 39.6. The van der Waals surface area contributed by atoms with Crippen molar-refractivity contribution in [2.75, 3.05) is 9.80 Å². The van der Waals surface area contributed by atoms with E-state index in [1.807, 2.05) is 18.3 Å². The molecule has 83 heavy (non-hydrogen) atoms. The number of hydrogen-bond donors (Lipinski definition) is 0. The van der Waals surface area contributed by atoms with Gasteiger partial charge in [0, 0.05) is 17.4 Å². The molecule has 418 valence electrons. The number of ether oxygens (including phenoxy) is 1. The molecule has 0 amide bonds. The molecular weight excluding hydrogens is 1190 g/mol. The van der Waals surface area contributed by atoms with Crippen LogP contribution in [0.5, 0.6) is 11.5 Å². The first kappa shape index (κ1) is 55.2. The summed E-state index contributed by atoms with van der Waals surface area (Å²) in [6.45, 7) is 27.4. The Morgan fingerprint density at radius 1 is 0.386 bits per heavy atom. The number of rotatable bonds is 7. The van der Waals surface area contributed by atoms with Crippen molar-refractivity contribution in [3.05, 3.63) is 251 Å². The van der Waals surface area contributed by atoms with Crippen LogP contribution < -0.4 is 14.5 Å². The van der Waals surface area contributed by atoms with E-state index in [1.165, 1.54) is 27.8 Å². The molecule has 1 aliphatic rings. The molecule has 0 N–H and O–H groups in total. The van der Waals surface area contributed by atoms with E-state index >= 15 is 0 Å². The summed E-state index contributed by atoms with van der Waals surface area (Å²) in [6.07, 6.45) is 1.94. The van der Waals surface area contributed by atoms with Crippen LogP contribution in [0.2, 0.25) is 0 Å². The van der Waals surface area contributed by atoms with Gasteiger partial charge >= 0.3 is 322 Å². The van der Waals surface area contributed by atoms with Gasteiger partial charge in [-0.1, -0.05) is 102 Å². The minimum Gasteiger partial charge on any atom is -0.0615 e. The van der Waals surface area contributed by atoms with Crippen LogP contribution in [-0.2, 0) is 41.0 Å². The summed E-state index contributed by atoms with van der Waals surface area (Å²) in [6, 6.07) is 82.3. The third-order valence-electron chi connectivity index (χ3n) is 16.0. The van der Waals surface area contributed by atoms with Gasteiger partial charge in [-0.25, -0.2) is 0 Å². The summed E-state index contributed by atoms with van der Waals surface area (Å²) in [5, 5.41) is 0. The zero-order valence-electron chi connectivity index (χ0n) is 49.7. The van der Waals surface area contributed by atoms with Gasteiger partial charge in [0.25, 0.3) is 0 Å². The zero-order chi connectivity index (χ0) is 58.2. The first-order valence-electron chi connectivity index (χ1n) is 28.8. The molecule has 11 aromatic rings. The minimum absolute atomic E-state index is 0.0685. The standard InChI is InChI=1S/C76H71N5O.Pt/c1-73(2,3)53-26-22-28-58(44-53)80-66-33-19-16-30-62(66)63-31-18-21-35-68(63)81(72-47-54(40-41-77-72)74(4,5)6)70-49-61(37-38-65(70)64-32-17-20-34-67(64)80)82-60-29-23-27-57(48-60)78-50-79(59-45-55(75(7,8)9)43-56(46-59)76(10,11)12)71-42-52(36-39-69(71)78)51-24-14-13-15-25-51;/h13-47H,1-12H3;/q-2;. The van der Waals surface area contributed by atoms with Crippen molar-refractivity contribution >= 4 is 45.3 Å². The Hall–Kier alpha value is -8.31. The number of hydrogen-bond acceptors (Lipinski definition) is 4. The van der Waals surface area contributed by atoms with Crippen LogP contribution >= 0.6 is 0 Å². The fourth-order valence-electron chi connectivity index (χ4n) is 11.3. The van der Waals surface area contributed by atoms with Gasteiger partial charge in [-0.3, -0.25) is 0 Å². The Morgan fingerprint density at radius 3 is 1.55 bits per heavy atom. The van der Waals surface area contributed by atoms with Crippen molar-refractivity contribution in [3.63, 3.8) is 0 Å². The Balaban J connectivity index is 1.06. The maximum atomic E-state index is 7.10. The van der Waals surface area contributed by atoms with Crippen molar-refractivity contribution in [3.8, 4) is 56.3 Å². The van der Waals surface area contributed by atoms with Gasteiger partial charge in [0.1, 0.15) is 0 Å². The Kier molecular flexibility index (Phi) is 14.1. The van der Waals surface area contributed by atoms with E-state index in [0.29, 0.717) is 11.5 Å². The van der Waals surface area contributed by atoms with E-state index in [1.54, 1.807) is 0 Å². The first-order valence-corrected chi connectivity index (χ1v) is 29.9. The van der Waals surface area contributed by atoms with E-state index in [2.05, 4.69) is 328 Å². The third kappa shape index (κ3) is 10.6. The normalized spacial score (nSPS) is 12.8. The molecule has 0 saturated heterocycles. The van der Waals surface area contributed by atoms with E-state index in [4.69, 9.17) is 9.72 Å². The number of fused-ring (bicyclic) bond motifs is 7.